The summed E-state index contributed by atoms with van der Waals surface area (Å²) in [4.78, 5) is 24.3. The standard InChI is InChI=1S/C23H28N2O5S/c1-17(18-7-4-3-5-8-18)15-22(26)24-20-10-12-21(13-11-20)31(28,29)25-14-6-9-19(16-25)23(27)30-2/h3-5,7-8,10-13,17,19H,6,9,14-16H2,1-2H3,(H,24,26)/t17-,19+/m0/s1. The number of carbonyl (C=O) groups excluding carboxylic acids is 2. The molecule has 0 spiro atoms. The van der Waals surface area contributed by atoms with Gasteiger partial charge in [-0.05, 0) is 48.6 Å². The predicted octanol–water partition coefficient (Wildman–Crippen LogP) is 3.39. The number of rotatable bonds is 7. The molecule has 0 saturated carbocycles. The van der Waals surface area contributed by atoms with E-state index in [1.807, 2.05) is 37.3 Å². The fourth-order valence-corrected chi connectivity index (χ4v) is 5.29. The van der Waals surface area contributed by atoms with Crippen molar-refractivity contribution in [2.24, 2.45) is 5.92 Å². The molecule has 2 aromatic carbocycles. The fraction of sp³-hybridized carbons (Fsp3) is 0.391. The van der Waals surface area contributed by atoms with Crippen molar-refractivity contribution in [3.63, 3.8) is 0 Å². The Labute approximate surface area is 183 Å². The molecule has 2 atom stereocenters. The van der Waals surface area contributed by atoms with Crippen LogP contribution in [0.25, 0.3) is 0 Å². The molecule has 7 nitrogen and oxygen atoms in total. The van der Waals surface area contributed by atoms with Crippen molar-refractivity contribution < 1.29 is 22.7 Å². The Hall–Kier alpha value is -2.71. The third-order valence-corrected chi connectivity index (χ3v) is 7.43. The van der Waals surface area contributed by atoms with Crippen LogP contribution in [0.3, 0.4) is 0 Å². The van der Waals surface area contributed by atoms with Crippen LogP contribution in [0.5, 0.6) is 0 Å². The van der Waals surface area contributed by atoms with Gasteiger partial charge in [0, 0.05) is 25.2 Å². The molecule has 1 amide bonds. The van der Waals surface area contributed by atoms with E-state index in [1.54, 1.807) is 12.1 Å². The molecule has 0 radical (unpaired) electrons. The minimum absolute atomic E-state index is 0.0720. The van der Waals surface area contributed by atoms with Crippen molar-refractivity contribution in [2.45, 2.75) is 37.0 Å². The Balaban J connectivity index is 1.62. The maximum absolute atomic E-state index is 13.0. The number of ether oxygens (including phenoxy) is 1. The number of sulfonamides is 1. The fourth-order valence-electron chi connectivity index (χ4n) is 3.77. The molecular formula is C23H28N2O5S. The van der Waals surface area contributed by atoms with Crippen LogP contribution in [0.1, 0.15) is 37.7 Å². The van der Waals surface area contributed by atoms with E-state index in [0.29, 0.717) is 31.5 Å². The van der Waals surface area contributed by atoms with Crippen molar-refractivity contribution in [1.82, 2.24) is 4.31 Å². The number of amides is 1. The number of benzene rings is 2. The van der Waals surface area contributed by atoms with Gasteiger partial charge in [0.25, 0.3) is 0 Å². The third-order valence-electron chi connectivity index (χ3n) is 5.55. The number of carbonyl (C=O) groups is 2. The van der Waals surface area contributed by atoms with Crippen LogP contribution in [-0.4, -0.2) is 44.8 Å². The van der Waals surface area contributed by atoms with Crippen LogP contribution in [0.2, 0.25) is 0 Å². The first-order valence-corrected chi connectivity index (χ1v) is 11.8. The number of nitrogens with one attached hydrogen (secondary N) is 1. The number of hydrogen-bond donors (Lipinski definition) is 1. The smallest absolute Gasteiger partial charge is 0.309 e. The highest BCUT2D eigenvalue weighted by atomic mass is 32.2. The van der Waals surface area contributed by atoms with Crippen molar-refractivity contribution >= 4 is 27.6 Å². The van der Waals surface area contributed by atoms with E-state index in [4.69, 9.17) is 4.74 Å². The van der Waals surface area contributed by atoms with Crippen LogP contribution >= 0.6 is 0 Å². The second-order valence-electron chi connectivity index (χ2n) is 7.81. The molecule has 0 aromatic heterocycles. The summed E-state index contributed by atoms with van der Waals surface area (Å²) in [5.41, 5.74) is 1.63. The van der Waals surface area contributed by atoms with E-state index in [2.05, 4.69) is 5.32 Å². The Bertz CT molecular complexity index is 1010. The van der Waals surface area contributed by atoms with E-state index in [9.17, 15) is 18.0 Å². The number of hydrogen-bond acceptors (Lipinski definition) is 5. The molecule has 1 N–H and O–H groups in total. The molecule has 2 aromatic rings. The normalized spacial score (nSPS) is 18.2. The highest BCUT2D eigenvalue weighted by molar-refractivity contribution is 7.89. The number of piperidine rings is 1. The summed E-state index contributed by atoms with van der Waals surface area (Å²) >= 11 is 0. The zero-order chi connectivity index (χ0) is 22.4. The summed E-state index contributed by atoms with van der Waals surface area (Å²) in [5, 5.41) is 2.82. The molecule has 0 bridgehead atoms. The average molecular weight is 445 g/mol. The number of anilines is 1. The maximum atomic E-state index is 13.0. The third kappa shape index (κ3) is 5.71. The monoisotopic (exact) mass is 444 g/mol. The van der Waals surface area contributed by atoms with Gasteiger partial charge in [0.1, 0.15) is 0 Å². The Morgan fingerprint density at radius 3 is 2.45 bits per heavy atom. The summed E-state index contributed by atoms with van der Waals surface area (Å²) in [5.74, 6) is -0.895. The van der Waals surface area contributed by atoms with Gasteiger partial charge < -0.3 is 10.1 Å². The highest BCUT2D eigenvalue weighted by Gasteiger charge is 2.33. The minimum Gasteiger partial charge on any atom is -0.469 e. The van der Waals surface area contributed by atoms with Gasteiger partial charge >= 0.3 is 5.97 Å². The Kier molecular flexibility index (Phi) is 7.46. The van der Waals surface area contributed by atoms with E-state index < -0.39 is 15.9 Å². The lowest BCUT2D eigenvalue weighted by molar-refractivity contribution is -0.146. The number of esters is 1. The Morgan fingerprint density at radius 2 is 1.81 bits per heavy atom. The first kappa shape index (κ1) is 23.0. The van der Waals surface area contributed by atoms with Gasteiger partial charge in [-0.2, -0.15) is 4.31 Å². The highest BCUT2D eigenvalue weighted by Crippen LogP contribution is 2.26. The quantitative estimate of drug-likeness (QED) is 0.661. The van der Waals surface area contributed by atoms with E-state index in [-0.39, 0.29) is 29.2 Å². The van der Waals surface area contributed by atoms with Crippen molar-refractivity contribution in [3.05, 3.63) is 60.2 Å². The van der Waals surface area contributed by atoms with Gasteiger partial charge in [0.05, 0.1) is 17.9 Å². The van der Waals surface area contributed by atoms with E-state index in [1.165, 1.54) is 23.5 Å². The molecule has 31 heavy (non-hydrogen) atoms. The topological polar surface area (TPSA) is 92.8 Å². The summed E-state index contributed by atoms with van der Waals surface area (Å²) in [6.45, 7) is 2.47. The molecule has 1 aliphatic heterocycles. The molecule has 1 aliphatic rings. The maximum Gasteiger partial charge on any atom is 0.309 e. The molecule has 0 unspecified atom stereocenters. The number of nitrogens with zero attached hydrogens (tertiary/aromatic N) is 1. The van der Waals surface area contributed by atoms with Crippen LogP contribution in [0.15, 0.2) is 59.5 Å². The average Bonchev–Trinajstić information content (AvgIpc) is 2.79. The molecule has 1 heterocycles. The first-order chi connectivity index (χ1) is 14.8. The van der Waals surface area contributed by atoms with Gasteiger partial charge in [-0.3, -0.25) is 9.59 Å². The van der Waals surface area contributed by atoms with Crippen molar-refractivity contribution in [1.29, 1.82) is 0 Å². The molecule has 8 heteroatoms. The van der Waals surface area contributed by atoms with Crippen LogP contribution in [-0.2, 0) is 24.3 Å². The lowest BCUT2D eigenvalue weighted by Crippen LogP contribution is -2.42. The van der Waals surface area contributed by atoms with Gasteiger partial charge in [-0.25, -0.2) is 8.42 Å². The van der Waals surface area contributed by atoms with E-state index >= 15 is 0 Å². The van der Waals surface area contributed by atoms with Crippen LogP contribution in [0.4, 0.5) is 5.69 Å². The van der Waals surface area contributed by atoms with Crippen LogP contribution < -0.4 is 5.32 Å². The van der Waals surface area contributed by atoms with Gasteiger partial charge in [-0.15, -0.1) is 0 Å². The number of methoxy groups -OCH3 is 1. The van der Waals surface area contributed by atoms with Gasteiger partial charge in [0.2, 0.25) is 15.9 Å². The van der Waals surface area contributed by atoms with Gasteiger partial charge in [0.15, 0.2) is 0 Å². The first-order valence-electron chi connectivity index (χ1n) is 10.3. The molecule has 166 valence electrons. The van der Waals surface area contributed by atoms with Crippen LogP contribution in [0, 0.1) is 5.92 Å². The van der Waals surface area contributed by atoms with Crippen molar-refractivity contribution in [3.8, 4) is 0 Å². The zero-order valence-electron chi connectivity index (χ0n) is 17.8. The van der Waals surface area contributed by atoms with Crippen molar-refractivity contribution in [2.75, 3.05) is 25.5 Å². The Morgan fingerprint density at radius 1 is 1.13 bits per heavy atom. The minimum atomic E-state index is -3.72. The summed E-state index contributed by atoms with van der Waals surface area (Å²) in [6, 6.07) is 15.9. The lowest BCUT2D eigenvalue weighted by Gasteiger charge is -2.30. The lowest BCUT2D eigenvalue weighted by atomic mass is 9.97. The second kappa shape index (κ2) is 10.1. The molecule has 1 fully saturated rings. The zero-order valence-corrected chi connectivity index (χ0v) is 18.6. The molecule has 1 saturated heterocycles. The van der Waals surface area contributed by atoms with Gasteiger partial charge in [-0.1, -0.05) is 37.3 Å². The summed E-state index contributed by atoms with van der Waals surface area (Å²) in [7, 11) is -2.42. The predicted molar refractivity (Wildman–Crippen MR) is 118 cm³/mol. The second-order valence-corrected chi connectivity index (χ2v) is 9.75. The SMILES string of the molecule is COC(=O)[C@@H]1CCCN(S(=O)(=O)c2ccc(NC(=O)C[C@H](C)c3ccccc3)cc2)C1. The van der Waals surface area contributed by atoms with E-state index in [0.717, 1.165) is 5.56 Å². The molecule has 3 rings (SSSR count). The molecule has 0 aliphatic carbocycles. The summed E-state index contributed by atoms with van der Waals surface area (Å²) in [6.07, 6.45) is 1.55. The molecular weight excluding hydrogens is 416 g/mol. The largest absolute Gasteiger partial charge is 0.469 e. The summed E-state index contributed by atoms with van der Waals surface area (Å²) < 4.78 is 32.0.